The number of alkyl halides is 3. The van der Waals surface area contributed by atoms with Crippen LogP contribution < -0.4 is 0 Å². The minimum Gasteiger partial charge on any atom is -0.511 e. The molecular weight excluding hydrogens is 383 g/mol. The molecular formula is C18H20F3NO4S. The number of aliphatic hydroxyl groups excluding tert-OH is 1. The van der Waals surface area contributed by atoms with Crippen molar-refractivity contribution in [1.82, 2.24) is 4.98 Å². The van der Waals surface area contributed by atoms with E-state index >= 15 is 0 Å². The number of hydrogen-bond donors (Lipinski definition) is 1. The molecule has 0 fully saturated rings. The van der Waals surface area contributed by atoms with Gasteiger partial charge in [-0.15, -0.1) is 11.8 Å². The van der Waals surface area contributed by atoms with Crippen LogP contribution in [0.15, 0.2) is 35.2 Å². The standard InChI is InChI=1S/C18H20F3NO4S/c1-17(2,9-27-14-5-4-10(8-22-14)18(19,20)21)12-6-11(23)7-13(24)15(12)16(25)26-3/h4-5,7-8,12,15,24H,6,9H2,1-3H3. The van der Waals surface area contributed by atoms with E-state index in [0.29, 0.717) is 10.8 Å². The van der Waals surface area contributed by atoms with Crippen molar-refractivity contribution in [2.24, 2.45) is 17.3 Å². The molecule has 1 heterocycles. The molecule has 0 aliphatic heterocycles. The van der Waals surface area contributed by atoms with E-state index in [2.05, 4.69) is 4.98 Å². The Balaban J connectivity index is 2.15. The SMILES string of the molecule is COC(=O)C1C(O)=CC(=O)CC1C(C)(C)CSc1ccc(C(F)(F)F)cn1. The number of halogens is 3. The number of thioether (sulfide) groups is 1. The van der Waals surface area contributed by atoms with Crippen LogP contribution in [-0.4, -0.2) is 34.7 Å². The highest BCUT2D eigenvalue weighted by atomic mass is 32.2. The van der Waals surface area contributed by atoms with Gasteiger partial charge in [-0.05, 0) is 23.5 Å². The summed E-state index contributed by atoms with van der Waals surface area (Å²) >= 11 is 1.22. The second kappa shape index (κ2) is 7.92. The predicted molar refractivity (Wildman–Crippen MR) is 93.1 cm³/mol. The van der Waals surface area contributed by atoms with Crippen LogP contribution in [0.5, 0.6) is 0 Å². The molecule has 1 aromatic rings. The van der Waals surface area contributed by atoms with Crippen molar-refractivity contribution >= 4 is 23.5 Å². The molecule has 0 aromatic carbocycles. The van der Waals surface area contributed by atoms with Crippen LogP contribution in [0.4, 0.5) is 13.2 Å². The average molecular weight is 403 g/mol. The van der Waals surface area contributed by atoms with Crippen LogP contribution in [0.1, 0.15) is 25.8 Å². The Hall–Kier alpha value is -2.03. The van der Waals surface area contributed by atoms with Crippen LogP contribution >= 0.6 is 11.8 Å². The molecule has 2 unspecified atom stereocenters. The molecule has 1 aliphatic rings. The number of aliphatic hydroxyl groups is 1. The van der Waals surface area contributed by atoms with Gasteiger partial charge in [0.15, 0.2) is 5.78 Å². The summed E-state index contributed by atoms with van der Waals surface area (Å²) in [5, 5.41) is 10.5. The van der Waals surface area contributed by atoms with Gasteiger partial charge in [0, 0.05) is 24.4 Å². The molecule has 148 valence electrons. The summed E-state index contributed by atoms with van der Waals surface area (Å²) in [6.07, 6.45) is -2.57. The van der Waals surface area contributed by atoms with E-state index in [0.717, 1.165) is 18.3 Å². The van der Waals surface area contributed by atoms with Crippen molar-refractivity contribution in [2.45, 2.75) is 31.5 Å². The van der Waals surface area contributed by atoms with Crippen LogP contribution in [0.2, 0.25) is 0 Å². The fraction of sp³-hybridized carbons (Fsp3) is 0.500. The number of hydrogen-bond acceptors (Lipinski definition) is 6. The van der Waals surface area contributed by atoms with Crippen LogP contribution in [0.3, 0.4) is 0 Å². The molecule has 9 heteroatoms. The fourth-order valence-corrected chi connectivity index (χ4v) is 4.02. The third kappa shape index (κ3) is 5.03. The number of allylic oxidation sites excluding steroid dienone is 1. The number of carbonyl (C=O) groups is 2. The van der Waals surface area contributed by atoms with E-state index in [-0.39, 0.29) is 18.0 Å². The first-order valence-corrected chi connectivity index (χ1v) is 9.11. The number of pyridine rings is 1. The van der Waals surface area contributed by atoms with Gasteiger partial charge in [0.2, 0.25) is 0 Å². The normalized spacial score (nSPS) is 21.0. The molecule has 1 aromatic heterocycles. The number of rotatable bonds is 5. The fourth-order valence-electron chi connectivity index (χ4n) is 2.99. The highest BCUT2D eigenvalue weighted by molar-refractivity contribution is 7.99. The first kappa shape index (κ1) is 21.3. The number of ketones is 1. The first-order valence-electron chi connectivity index (χ1n) is 8.13. The van der Waals surface area contributed by atoms with Crippen molar-refractivity contribution in [3.8, 4) is 0 Å². The Labute approximate surface area is 159 Å². The van der Waals surface area contributed by atoms with Gasteiger partial charge in [0.25, 0.3) is 0 Å². The quantitative estimate of drug-likeness (QED) is 0.591. The lowest BCUT2D eigenvalue weighted by molar-refractivity contribution is -0.149. The minimum absolute atomic E-state index is 0.0673. The Morgan fingerprint density at radius 1 is 1.37 bits per heavy atom. The zero-order valence-corrected chi connectivity index (χ0v) is 15.9. The van der Waals surface area contributed by atoms with Crippen molar-refractivity contribution in [1.29, 1.82) is 0 Å². The van der Waals surface area contributed by atoms with Gasteiger partial charge in [0.05, 0.1) is 17.7 Å². The molecule has 5 nitrogen and oxygen atoms in total. The van der Waals surface area contributed by atoms with E-state index in [1.807, 2.05) is 13.8 Å². The number of carbonyl (C=O) groups excluding carboxylic acids is 2. The molecule has 1 aliphatic carbocycles. The smallest absolute Gasteiger partial charge is 0.417 e. The minimum atomic E-state index is -4.45. The van der Waals surface area contributed by atoms with Crippen molar-refractivity contribution in [3.05, 3.63) is 35.7 Å². The number of nitrogens with zero attached hydrogens (tertiary/aromatic N) is 1. The lowest BCUT2D eigenvalue weighted by Gasteiger charge is -2.39. The van der Waals surface area contributed by atoms with E-state index in [4.69, 9.17) is 4.74 Å². The zero-order chi connectivity index (χ0) is 20.4. The summed E-state index contributed by atoms with van der Waals surface area (Å²) < 4.78 is 42.6. The van der Waals surface area contributed by atoms with Gasteiger partial charge in [-0.1, -0.05) is 13.8 Å². The highest BCUT2D eigenvalue weighted by Crippen LogP contribution is 2.44. The Morgan fingerprint density at radius 2 is 2.04 bits per heavy atom. The average Bonchev–Trinajstić information content (AvgIpc) is 2.58. The summed E-state index contributed by atoms with van der Waals surface area (Å²) in [5.74, 6) is -2.33. The van der Waals surface area contributed by atoms with Gasteiger partial charge >= 0.3 is 12.1 Å². The topological polar surface area (TPSA) is 76.5 Å². The third-order valence-electron chi connectivity index (χ3n) is 4.57. The molecule has 2 atom stereocenters. The monoisotopic (exact) mass is 403 g/mol. The number of esters is 1. The maximum Gasteiger partial charge on any atom is 0.417 e. The van der Waals surface area contributed by atoms with E-state index in [1.165, 1.54) is 24.9 Å². The molecule has 1 N–H and O–H groups in total. The van der Waals surface area contributed by atoms with E-state index in [1.54, 1.807) is 0 Å². The lowest BCUT2D eigenvalue weighted by atomic mass is 9.67. The van der Waals surface area contributed by atoms with Crippen LogP contribution in [0, 0.1) is 17.3 Å². The molecule has 2 rings (SSSR count). The largest absolute Gasteiger partial charge is 0.511 e. The van der Waals surface area contributed by atoms with E-state index in [9.17, 15) is 27.9 Å². The molecule has 0 amide bonds. The summed E-state index contributed by atoms with van der Waals surface area (Å²) in [6, 6.07) is 2.24. The number of aromatic nitrogens is 1. The highest BCUT2D eigenvalue weighted by Gasteiger charge is 2.45. The lowest BCUT2D eigenvalue weighted by Crippen LogP contribution is -2.41. The second-order valence-corrected chi connectivity index (χ2v) is 8.00. The number of methoxy groups -OCH3 is 1. The van der Waals surface area contributed by atoms with Gasteiger partial charge in [-0.2, -0.15) is 13.2 Å². The van der Waals surface area contributed by atoms with Gasteiger partial charge < -0.3 is 9.84 Å². The Morgan fingerprint density at radius 3 is 2.56 bits per heavy atom. The van der Waals surface area contributed by atoms with Crippen LogP contribution in [0.25, 0.3) is 0 Å². The predicted octanol–water partition coefficient (Wildman–Crippen LogP) is 4.04. The molecule has 0 radical (unpaired) electrons. The van der Waals surface area contributed by atoms with Crippen molar-refractivity contribution < 1.29 is 32.6 Å². The maximum absolute atomic E-state index is 12.6. The van der Waals surface area contributed by atoms with Crippen molar-refractivity contribution in [2.75, 3.05) is 12.9 Å². The maximum atomic E-state index is 12.6. The Bertz CT molecular complexity index is 744. The van der Waals surface area contributed by atoms with Crippen LogP contribution in [-0.2, 0) is 20.5 Å². The molecule has 0 spiro atoms. The Kier molecular flexibility index (Phi) is 6.24. The summed E-state index contributed by atoms with van der Waals surface area (Å²) in [4.78, 5) is 27.8. The number of ether oxygens (including phenoxy) is 1. The van der Waals surface area contributed by atoms with Crippen molar-refractivity contribution in [3.63, 3.8) is 0 Å². The van der Waals surface area contributed by atoms with Gasteiger partial charge in [-0.3, -0.25) is 9.59 Å². The summed E-state index contributed by atoms with van der Waals surface area (Å²) in [5.41, 5.74) is -1.43. The van der Waals surface area contributed by atoms with E-state index < -0.39 is 35.0 Å². The van der Waals surface area contributed by atoms with Gasteiger partial charge in [-0.25, -0.2) is 4.98 Å². The first-order chi connectivity index (χ1) is 12.5. The summed E-state index contributed by atoms with van der Waals surface area (Å²) in [6.45, 7) is 3.66. The third-order valence-corrected chi connectivity index (χ3v) is 5.99. The summed E-state index contributed by atoms with van der Waals surface area (Å²) in [7, 11) is 1.21. The second-order valence-electron chi connectivity index (χ2n) is 7.01. The zero-order valence-electron chi connectivity index (χ0n) is 15.0. The molecule has 0 bridgehead atoms. The molecule has 0 saturated heterocycles. The molecule has 0 saturated carbocycles. The molecule has 27 heavy (non-hydrogen) atoms. The van der Waals surface area contributed by atoms with Gasteiger partial charge in [0.1, 0.15) is 11.7 Å².